The van der Waals surface area contributed by atoms with E-state index in [1.165, 1.54) is 10.8 Å². The van der Waals surface area contributed by atoms with E-state index in [1.54, 1.807) is 27.6 Å². The van der Waals surface area contributed by atoms with Crippen LogP contribution in [0.3, 0.4) is 0 Å². The summed E-state index contributed by atoms with van der Waals surface area (Å²) in [5.74, 6) is 0. The second-order valence-electron chi connectivity index (χ2n) is 11.4. The average Bonchev–Trinajstić information content (AvgIpc) is 3.30. The molecule has 2 rings (SSSR count). The molecule has 0 amide bonds. The van der Waals surface area contributed by atoms with E-state index in [0.29, 0.717) is 18.6 Å². The lowest BCUT2D eigenvalue weighted by Gasteiger charge is -2.39. The van der Waals surface area contributed by atoms with Crippen molar-refractivity contribution in [3.63, 3.8) is 0 Å². The van der Waals surface area contributed by atoms with Crippen LogP contribution < -0.4 is 11.2 Å². The van der Waals surface area contributed by atoms with Gasteiger partial charge in [-0.25, -0.2) is 16.0 Å². The number of H-pyrrole nitrogens is 1. The van der Waals surface area contributed by atoms with Crippen molar-refractivity contribution in [1.82, 2.24) is 14.2 Å². The standard InChI is InChI=1S/C29H52N4O10P2/c1-11-14-38-23(19-45(10,36)41-12-2)24-25(43-44(40-15-13-30-8)33(20(3)4)21(5)6)26(39-17-16-37-9)28(42-24)32-18-22(7)27(34)31-29(32)35/h18,20-21,23-26,28H,11-17,19H2,1-7,9-10H3,(H,31,34,35)/t23-,24-,25-,26-,28-,44?,45?/m1/s1. The fourth-order valence-corrected chi connectivity index (χ4v) is 8.46. The summed E-state index contributed by atoms with van der Waals surface area (Å²) in [5.41, 5.74) is -0.888. The average molecular weight is 679 g/mol. The highest BCUT2D eigenvalue weighted by molar-refractivity contribution is 7.58. The number of ether oxygens (including phenoxy) is 4. The first-order valence-corrected chi connectivity index (χ1v) is 18.8. The van der Waals surface area contributed by atoms with Gasteiger partial charge in [-0.3, -0.25) is 18.9 Å². The lowest BCUT2D eigenvalue weighted by Crippen LogP contribution is -2.46. The Morgan fingerprint density at radius 1 is 1.13 bits per heavy atom. The highest BCUT2D eigenvalue weighted by Gasteiger charge is 2.53. The molecule has 0 aromatic carbocycles. The fraction of sp³-hybridized carbons (Fsp3) is 0.828. The molecule has 2 unspecified atom stereocenters. The van der Waals surface area contributed by atoms with Crippen LogP contribution in [-0.2, 0) is 37.1 Å². The summed E-state index contributed by atoms with van der Waals surface area (Å²) >= 11 is 0. The molecule has 0 radical (unpaired) electrons. The van der Waals surface area contributed by atoms with Gasteiger partial charge < -0.3 is 37.4 Å². The third kappa shape index (κ3) is 11.6. The predicted octanol–water partition coefficient (Wildman–Crippen LogP) is 4.18. The monoisotopic (exact) mass is 678 g/mol. The van der Waals surface area contributed by atoms with E-state index < -0.39 is 57.8 Å². The van der Waals surface area contributed by atoms with Crippen LogP contribution in [0.2, 0.25) is 0 Å². The molecule has 1 aromatic rings. The number of rotatable bonds is 21. The van der Waals surface area contributed by atoms with E-state index >= 15 is 0 Å². The molecule has 1 saturated heterocycles. The van der Waals surface area contributed by atoms with Gasteiger partial charge in [0.1, 0.15) is 24.9 Å². The molecule has 1 aliphatic heterocycles. The van der Waals surface area contributed by atoms with E-state index in [1.807, 2.05) is 34.6 Å². The van der Waals surface area contributed by atoms with Crippen molar-refractivity contribution < 1.29 is 37.1 Å². The normalized spacial score (nSPS) is 23.0. The van der Waals surface area contributed by atoms with Crippen LogP contribution in [0.15, 0.2) is 15.8 Å². The van der Waals surface area contributed by atoms with Gasteiger partial charge in [0.25, 0.3) is 14.1 Å². The number of hydrogen-bond acceptors (Lipinski definition) is 11. The van der Waals surface area contributed by atoms with Gasteiger partial charge in [-0.05, 0) is 48.0 Å². The van der Waals surface area contributed by atoms with Crippen LogP contribution in [0.5, 0.6) is 0 Å². The molecule has 1 aliphatic rings. The molecule has 1 aromatic heterocycles. The fourth-order valence-electron chi connectivity index (χ4n) is 5.09. The number of hydrogen-bond donors (Lipinski definition) is 1. The summed E-state index contributed by atoms with van der Waals surface area (Å²) in [5, 5.41) is 0. The first-order valence-electron chi connectivity index (χ1n) is 15.4. The number of aromatic amines is 1. The van der Waals surface area contributed by atoms with Crippen LogP contribution in [0.4, 0.5) is 0 Å². The second kappa shape index (κ2) is 19.4. The van der Waals surface area contributed by atoms with Gasteiger partial charge in [-0.2, -0.15) is 0 Å². The second-order valence-corrected chi connectivity index (χ2v) is 15.5. The van der Waals surface area contributed by atoms with Crippen LogP contribution in [0.25, 0.3) is 4.85 Å². The lowest BCUT2D eigenvalue weighted by atomic mass is 10.1. The Morgan fingerprint density at radius 2 is 1.82 bits per heavy atom. The maximum atomic E-state index is 13.5. The van der Waals surface area contributed by atoms with Crippen molar-refractivity contribution in [3.05, 3.63) is 44.0 Å². The van der Waals surface area contributed by atoms with E-state index in [9.17, 15) is 14.2 Å². The molecular weight excluding hydrogens is 626 g/mol. The number of methoxy groups -OCH3 is 1. The number of nitrogens with one attached hydrogen (secondary N) is 1. The molecule has 45 heavy (non-hydrogen) atoms. The Balaban J connectivity index is 2.75. The van der Waals surface area contributed by atoms with Crippen LogP contribution in [-0.4, -0.2) is 110 Å². The zero-order valence-electron chi connectivity index (χ0n) is 28.1. The summed E-state index contributed by atoms with van der Waals surface area (Å²) < 4.78 is 60.1. The molecule has 258 valence electrons. The zero-order chi connectivity index (χ0) is 33.7. The minimum atomic E-state index is -3.14. The maximum absolute atomic E-state index is 13.5. The summed E-state index contributed by atoms with van der Waals surface area (Å²) in [6.45, 7) is 23.5. The molecule has 0 spiro atoms. The van der Waals surface area contributed by atoms with Gasteiger partial charge in [-0.15, -0.1) is 0 Å². The minimum absolute atomic E-state index is 0.0129. The molecule has 14 nitrogen and oxygen atoms in total. The molecule has 0 bridgehead atoms. The van der Waals surface area contributed by atoms with Gasteiger partial charge in [0.05, 0.1) is 32.1 Å². The Labute approximate surface area is 268 Å². The summed E-state index contributed by atoms with van der Waals surface area (Å²) in [6, 6.07) is 0.0257. The van der Waals surface area contributed by atoms with Crippen molar-refractivity contribution in [2.75, 3.05) is 59.5 Å². The number of aryl methyl sites for hydroxylation is 1. The summed E-state index contributed by atoms with van der Waals surface area (Å²) in [4.78, 5) is 31.2. The Hall–Kier alpha value is -1.49. The smallest absolute Gasteiger partial charge is 0.330 e. The minimum Gasteiger partial charge on any atom is -0.382 e. The zero-order valence-corrected chi connectivity index (χ0v) is 29.9. The highest BCUT2D eigenvalue weighted by Crippen LogP contribution is 2.52. The van der Waals surface area contributed by atoms with Crippen molar-refractivity contribution in [1.29, 1.82) is 0 Å². The summed E-state index contributed by atoms with van der Waals surface area (Å²) in [7, 11) is -3.38. The Bertz CT molecular complexity index is 1230. The topological polar surface area (TPSA) is 144 Å². The summed E-state index contributed by atoms with van der Waals surface area (Å²) in [6.07, 6.45) is -2.38. The first kappa shape index (κ1) is 39.7. The maximum Gasteiger partial charge on any atom is 0.330 e. The Morgan fingerprint density at radius 3 is 2.40 bits per heavy atom. The first-order chi connectivity index (χ1) is 21.3. The SMILES string of the molecule is [C-]#[N+]CCOP(O[C@H]1[C@@H](OCCOC)[C@H](n2cc(C)c(=O)[nH]c2=O)O[C@@H]1[C@@H](CP(C)(=O)OCC)OCCC)N(C(C)C)C(C)C. The van der Waals surface area contributed by atoms with Gasteiger partial charge in [0.15, 0.2) is 6.23 Å². The van der Waals surface area contributed by atoms with E-state index in [2.05, 4.69) is 14.5 Å². The number of nitrogens with zero attached hydrogens (tertiary/aromatic N) is 3. The van der Waals surface area contributed by atoms with Gasteiger partial charge in [-0.1, -0.05) is 6.92 Å². The van der Waals surface area contributed by atoms with Crippen LogP contribution in [0, 0.1) is 13.5 Å². The van der Waals surface area contributed by atoms with Crippen molar-refractivity contribution in [2.24, 2.45) is 0 Å². The Kier molecular flexibility index (Phi) is 17.1. The van der Waals surface area contributed by atoms with Gasteiger partial charge in [0.2, 0.25) is 13.9 Å². The molecule has 0 saturated carbocycles. The van der Waals surface area contributed by atoms with Gasteiger partial charge >= 0.3 is 5.69 Å². The molecule has 7 atom stereocenters. The van der Waals surface area contributed by atoms with E-state index in [-0.39, 0.29) is 51.2 Å². The molecule has 2 heterocycles. The molecule has 1 N–H and O–H groups in total. The lowest BCUT2D eigenvalue weighted by molar-refractivity contribution is -0.104. The third-order valence-electron chi connectivity index (χ3n) is 6.92. The molecule has 0 aliphatic carbocycles. The molecular formula is C29H52N4O10P2. The van der Waals surface area contributed by atoms with E-state index in [4.69, 9.17) is 39.1 Å². The van der Waals surface area contributed by atoms with E-state index in [0.717, 1.165) is 0 Å². The van der Waals surface area contributed by atoms with Crippen LogP contribution >= 0.6 is 15.9 Å². The van der Waals surface area contributed by atoms with Crippen molar-refractivity contribution >= 4 is 15.9 Å². The van der Waals surface area contributed by atoms with Crippen molar-refractivity contribution in [2.45, 2.75) is 97.6 Å². The predicted molar refractivity (Wildman–Crippen MR) is 173 cm³/mol. The molecule has 1 fully saturated rings. The number of aromatic nitrogens is 2. The molecule has 16 heteroatoms. The van der Waals surface area contributed by atoms with Crippen LogP contribution in [0.1, 0.15) is 59.8 Å². The van der Waals surface area contributed by atoms with Crippen molar-refractivity contribution in [3.8, 4) is 0 Å². The highest BCUT2D eigenvalue weighted by atomic mass is 31.2. The van der Waals surface area contributed by atoms with Gasteiger partial charge in [0, 0.05) is 44.2 Å². The quantitative estimate of drug-likeness (QED) is 0.114. The third-order valence-corrected chi connectivity index (χ3v) is 10.9. The largest absolute Gasteiger partial charge is 0.382 e.